The maximum absolute atomic E-state index is 12.0. The van der Waals surface area contributed by atoms with Gasteiger partial charge in [0.05, 0.1) is 39.3 Å². The Kier molecular flexibility index (Phi) is 7.91. The second-order valence-electron chi connectivity index (χ2n) is 10.6. The Bertz CT molecular complexity index is 924. The van der Waals surface area contributed by atoms with Crippen molar-refractivity contribution in [1.82, 2.24) is 14.6 Å². The Hall–Kier alpha value is -2.41. The molecule has 2 fully saturated rings. The molecule has 0 unspecified atom stereocenters. The first-order valence-corrected chi connectivity index (χ1v) is 13.0. The van der Waals surface area contributed by atoms with Crippen molar-refractivity contribution in [2.45, 2.75) is 71.1 Å². The zero-order valence-electron chi connectivity index (χ0n) is 21.2. The van der Waals surface area contributed by atoms with E-state index in [1.807, 2.05) is 6.92 Å². The number of aromatic nitrogens is 2. The van der Waals surface area contributed by atoms with Gasteiger partial charge in [-0.15, -0.1) is 4.98 Å². The van der Waals surface area contributed by atoms with E-state index >= 15 is 0 Å². The Morgan fingerprint density at radius 2 is 1.76 bits per heavy atom. The zero-order chi connectivity index (χ0) is 24.1. The summed E-state index contributed by atoms with van der Waals surface area (Å²) >= 11 is 0. The standard InChI is InChI=1S/C27H40N3O4/c1-5-32-26(31)23-8-6-21(7-9-23)22-10-12-24(13-11-22)33-18-20-14-16-30(4,17-15-20)27-28-25(19(2)3)29-34-27/h10-13,19-21,23H,5-9,14-18H2,1-4H3/q+1. The summed E-state index contributed by atoms with van der Waals surface area (Å²) in [7, 11) is 2.19. The van der Waals surface area contributed by atoms with Crippen molar-refractivity contribution in [2.75, 3.05) is 33.4 Å². The van der Waals surface area contributed by atoms with Crippen LogP contribution < -0.4 is 9.22 Å². The summed E-state index contributed by atoms with van der Waals surface area (Å²) in [6.45, 7) is 9.23. The SMILES string of the molecule is CCOC(=O)C1CCC(c2ccc(OCC3CC[N+](C)(c4nc(C(C)C)no4)CC3)cc2)CC1. The smallest absolute Gasteiger partial charge is 0.427 e. The van der Waals surface area contributed by atoms with E-state index in [-0.39, 0.29) is 17.8 Å². The van der Waals surface area contributed by atoms with Crippen molar-refractivity contribution in [3.63, 3.8) is 0 Å². The minimum absolute atomic E-state index is 0.0241. The molecule has 7 heteroatoms. The minimum atomic E-state index is -0.0241. The van der Waals surface area contributed by atoms with E-state index in [2.05, 4.69) is 55.3 Å². The number of benzene rings is 1. The molecule has 1 aromatic carbocycles. The molecule has 0 N–H and O–H groups in total. The molecule has 1 saturated heterocycles. The van der Waals surface area contributed by atoms with E-state index in [0.717, 1.165) is 75.8 Å². The molecule has 7 nitrogen and oxygen atoms in total. The molecule has 186 valence electrons. The number of quaternary nitrogens is 1. The molecule has 2 aromatic rings. The van der Waals surface area contributed by atoms with Crippen LogP contribution in [0.5, 0.6) is 5.75 Å². The van der Waals surface area contributed by atoms with Crippen LogP contribution >= 0.6 is 0 Å². The highest BCUT2D eigenvalue weighted by atomic mass is 16.5. The van der Waals surface area contributed by atoms with Gasteiger partial charge in [0.15, 0.2) is 5.82 Å². The maximum atomic E-state index is 12.0. The number of esters is 1. The molecule has 1 aliphatic heterocycles. The fraction of sp³-hybridized carbons (Fsp3) is 0.667. The summed E-state index contributed by atoms with van der Waals surface area (Å²) in [4.78, 5) is 16.6. The molecule has 1 aliphatic carbocycles. The Morgan fingerprint density at radius 3 is 2.35 bits per heavy atom. The second-order valence-corrected chi connectivity index (χ2v) is 10.6. The fourth-order valence-corrected chi connectivity index (χ4v) is 5.20. The van der Waals surface area contributed by atoms with Crippen LogP contribution in [0.2, 0.25) is 0 Å². The van der Waals surface area contributed by atoms with Crippen LogP contribution in [0.1, 0.15) is 82.5 Å². The number of piperidine rings is 1. The van der Waals surface area contributed by atoms with Gasteiger partial charge in [-0.25, -0.2) is 4.48 Å². The van der Waals surface area contributed by atoms with Crippen LogP contribution in [0.15, 0.2) is 28.8 Å². The lowest BCUT2D eigenvalue weighted by atomic mass is 9.79. The molecule has 4 rings (SSSR count). The normalized spacial score (nSPS) is 27.5. The number of hydrogen-bond acceptors (Lipinski definition) is 6. The Balaban J connectivity index is 1.22. The molecule has 2 heterocycles. The quantitative estimate of drug-likeness (QED) is 0.377. The van der Waals surface area contributed by atoms with E-state index in [0.29, 0.717) is 22.9 Å². The van der Waals surface area contributed by atoms with E-state index in [9.17, 15) is 4.79 Å². The molecule has 1 saturated carbocycles. The van der Waals surface area contributed by atoms with Crippen LogP contribution in [0, 0.1) is 11.8 Å². The number of likely N-dealkylation sites (tertiary alicyclic amines) is 1. The lowest BCUT2D eigenvalue weighted by Gasteiger charge is -2.36. The minimum Gasteiger partial charge on any atom is -0.493 e. The van der Waals surface area contributed by atoms with E-state index in [1.54, 1.807) is 0 Å². The highest BCUT2D eigenvalue weighted by molar-refractivity contribution is 5.72. The van der Waals surface area contributed by atoms with Crippen molar-refractivity contribution in [3.05, 3.63) is 35.7 Å². The van der Waals surface area contributed by atoms with Gasteiger partial charge in [0, 0.05) is 24.7 Å². The van der Waals surface area contributed by atoms with Crippen LogP contribution in [-0.4, -0.2) is 49.5 Å². The first kappa shape index (κ1) is 24.7. The van der Waals surface area contributed by atoms with Crippen molar-refractivity contribution in [3.8, 4) is 5.75 Å². The second kappa shape index (κ2) is 10.9. The monoisotopic (exact) mass is 470 g/mol. The van der Waals surface area contributed by atoms with Crippen molar-refractivity contribution >= 4 is 12.0 Å². The third kappa shape index (κ3) is 5.80. The summed E-state index contributed by atoms with van der Waals surface area (Å²) < 4.78 is 17.6. The van der Waals surface area contributed by atoms with E-state index in [4.69, 9.17) is 14.0 Å². The van der Waals surface area contributed by atoms with Gasteiger partial charge in [0.1, 0.15) is 5.75 Å². The number of hydrogen-bond donors (Lipinski definition) is 0. The zero-order valence-corrected chi connectivity index (χ0v) is 21.2. The third-order valence-electron chi connectivity index (χ3n) is 7.66. The van der Waals surface area contributed by atoms with E-state index in [1.165, 1.54) is 5.56 Å². The van der Waals surface area contributed by atoms with Gasteiger partial charge < -0.3 is 9.47 Å². The van der Waals surface area contributed by atoms with Crippen molar-refractivity contribution in [1.29, 1.82) is 0 Å². The average Bonchev–Trinajstić information content (AvgIpc) is 3.36. The molecule has 1 aromatic heterocycles. The summed E-state index contributed by atoms with van der Waals surface area (Å²) in [5.41, 5.74) is 1.35. The maximum Gasteiger partial charge on any atom is 0.427 e. The average molecular weight is 471 g/mol. The van der Waals surface area contributed by atoms with E-state index < -0.39 is 0 Å². The van der Waals surface area contributed by atoms with Crippen LogP contribution in [-0.2, 0) is 9.53 Å². The molecular formula is C27H40N3O4+. The highest BCUT2D eigenvalue weighted by Gasteiger charge is 2.37. The highest BCUT2D eigenvalue weighted by Crippen LogP contribution is 2.37. The van der Waals surface area contributed by atoms with Crippen molar-refractivity contribution in [2.24, 2.45) is 11.8 Å². The van der Waals surface area contributed by atoms with Gasteiger partial charge in [0.2, 0.25) is 0 Å². The predicted octanol–water partition coefficient (Wildman–Crippen LogP) is 5.46. The number of carbonyl (C=O) groups is 1. The van der Waals surface area contributed by atoms with Crippen LogP contribution in [0.3, 0.4) is 0 Å². The predicted molar refractivity (Wildman–Crippen MR) is 132 cm³/mol. The lowest BCUT2D eigenvalue weighted by Crippen LogP contribution is -2.51. The largest absolute Gasteiger partial charge is 0.493 e. The number of rotatable bonds is 8. The number of carbonyl (C=O) groups excluding carboxylic acids is 1. The van der Waals surface area contributed by atoms with Crippen molar-refractivity contribution < 1.29 is 18.8 Å². The molecule has 34 heavy (non-hydrogen) atoms. The van der Waals surface area contributed by atoms with Crippen LogP contribution in [0.4, 0.5) is 6.01 Å². The molecule has 0 bridgehead atoms. The molecule has 0 radical (unpaired) electrons. The summed E-state index contributed by atoms with van der Waals surface area (Å²) in [6.07, 6.45) is 6.09. The van der Waals surface area contributed by atoms with Gasteiger partial charge >= 0.3 is 12.0 Å². The summed E-state index contributed by atoms with van der Waals surface area (Å²) in [5, 5.41) is 4.14. The Labute approximate surface area is 203 Å². The first-order valence-electron chi connectivity index (χ1n) is 13.0. The molecule has 0 amide bonds. The fourth-order valence-electron chi connectivity index (χ4n) is 5.20. The van der Waals surface area contributed by atoms with Gasteiger partial charge in [-0.05, 0) is 56.2 Å². The first-order chi connectivity index (χ1) is 16.4. The third-order valence-corrected chi connectivity index (χ3v) is 7.66. The Morgan fingerprint density at radius 1 is 1.09 bits per heavy atom. The number of nitrogens with zero attached hydrogens (tertiary/aromatic N) is 3. The van der Waals surface area contributed by atoms with Gasteiger partial charge in [0.25, 0.3) is 0 Å². The molecule has 0 spiro atoms. The molecule has 0 atom stereocenters. The lowest BCUT2D eigenvalue weighted by molar-refractivity contribution is -0.149. The summed E-state index contributed by atoms with van der Waals surface area (Å²) in [5.74, 6) is 3.11. The van der Waals surface area contributed by atoms with Gasteiger partial charge in [-0.2, -0.15) is 0 Å². The number of ether oxygens (including phenoxy) is 2. The van der Waals surface area contributed by atoms with Gasteiger partial charge in [-0.3, -0.25) is 9.32 Å². The topological polar surface area (TPSA) is 74.5 Å². The summed E-state index contributed by atoms with van der Waals surface area (Å²) in [6, 6.07) is 9.32. The van der Waals surface area contributed by atoms with Crippen LogP contribution in [0.25, 0.3) is 0 Å². The molecular weight excluding hydrogens is 430 g/mol. The molecule has 2 aliphatic rings. The van der Waals surface area contributed by atoms with Gasteiger partial charge in [-0.1, -0.05) is 31.1 Å².